The molecule has 0 amide bonds. The monoisotopic (exact) mass is 309 g/mol. The predicted octanol–water partition coefficient (Wildman–Crippen LogP) is 4.22. The van der Waals surface area contributed by atoms with E-state index < -0.39 is 0 Å². The summed E-state index contributed by atoms with van der Waals surface area (Å²) in [5.74, 6) is 0. The molecule has 0 radical (unpaired) electrons. The number of aryl methyl sites for hydroxylation is 1. The average molecular weight is 310 g/mol. The number of hydrogen-bond donors (Lipinski definition) is 1. The lowest BCUT2D eigenvalue weighted by atomic mass is 9.75. The zero-order valence-corrected chi connectivity index (χ0v) is 15.1. The van der Waals surface area contributed by atoms with Gasteiger partial charge in [0, 0.05) is 24.5 Å². The largest absolute Gasteiger partial charge is 0.348 e. The molecule has 0 bridgehead atoms. The third-order valence-corrected chi connectivity index (χ3v) is 5.98. The Hall–Kier alpha value is -0.610. The van der Waals surface area contributed by atoms with E-state index >= 15 is 0 Å². The second kappa shape index (κ2) is 7.10. The summed E-state index contributed by atoms with van der Waals surface area (Å²) in [7, 11) is 2.23. The second-order valence-electron chi connectivity index (χ2n) is 7.01. The van der Waals surface area contributed by atoms with Crippen LogP contribution < -0.4 is 10.2 Å². The maximum absolute atomic E-state index is 4.90. The predicted molar refractivity (Wildman–Crippen MR) is 93.3 cm³/mol. The highest BCUT2D eigenvalue weighted by atomic mass is 32.1. The number of hydrogen-bond acceptors (Lipinski definition) is 4. The summed E-state index contributed by atoms with van der Waals surface area (Å²) in [6, 6.07) is 0.667. The summed E-state index contributed by atoms with van der Waals surface area (Å²) in [4.78, 5) is 8.75. The summed E-state index contributed by atoms with van der Waals surface area (Å²) in [6.07, 6.45) is 6.29. The molecule has 0 saturated heterocycles. The van der Waals surface area contributed by atoms with E-state index in [2.05, 4.69) is 45.0 Å². The van der Waals surface area contributed by atoms with E-state index in [1.807, 2.05) is 11.3 Å². The number of nitrogens with one attached hydrogen (secondary N) is 1. The van der Waals surface area contributed by atoms with Crippen molar-refractivity contribution >= 4 is 16.5 Å². The van der Waals surface area contributed by atoms with Gasteiger partial charge in [0.1, 0.15) is 0 Å². The minimum atomic E-state index is 0.533. The van der Waals surface area contributed by atoms with Crippen molar-refractivity contribution in [2.24, 2.45) is 5.41 Å². The van der Waals surface area contributed by atoms with Crippen LogP contribution in [0, 0.1) is 5.41 Å². The van der Waals surface area contributed by atoms with Crippen molar-refractivity contribution in [3.05, 3.63) is 10.6 Å². The van der Waals surface area contributed by atoms with Crippen molar-refractivity contribution in [2.75, 3.05) is 18.5 Å². The standard InChI is InChI=1S/C17H31N3S/c1-6-14-15(12-18-7-2)21-16(19-14)20(5)13-8-10-17(3,4)11-9-13/h13,18H,6-12H2,1-5H3. The van der Waals surface area contributed by atoms with Gasteiger partial charge in [0.05, 0.1) is 5.69 Å². The van der Waals surface area contributed by atoms with Gasteiger partial charge in [0.15, 0.2) is 5.13 Å². The van der Waals surface area contributed by atoms with Crippen LogP contribution >= 0.6 is 11.3 Å². The molecule has 1 aliphatic rings. The molecule has 1 saturated carbocycles. The van der Waals surface area contributed by atoms with Crippen molar-refractivity contribution in [3.8, 4) is 0 Å². The van der Waals surface area contributed by atoms with Gasteiger partial charge in [-0.15, -0.1) is 11.3 Å². The van der Waals surface area contributed by atoms with Gasteiger partial charge >= 0.3 is 0 Å². The molecular weight excluding hydrogens is 278 g/mol. The van der Waals surface area contributed by atoms with Crippen LogP contribution in [0.15, 0.2) is 0 Å². The number of thiazole rings is 1. The molecule has 21 heavy (non-hydrogen) atoms. The zero-order chi connectivity index (χ0) is 15.5. The minimum Gasteiger partial charge on any atom is -0.348 e. The fraction of sp³-hybridized carbons (Fsp3) is 0.824. The molecule has 1 heterocycles. The van der Waals surface area contributed by atoms with Crippen LogP contribution in [0.5, 0.6) is 0 Å². The van der Waals surface area contributed by atoms with E-state index in [1.54, 1.807) is 0 Å². The molecule has 120 valence electrons. The maximum Gasteiger partial charge on any atom is 0.185 e. The molecule has 0 aliphatic heterocycles. The third kappa shape index (κ3) is 4.19. The van der Waals surface area contributed by atoms with Crippen molar-refractivity contribution in [1.29, 1.82) is 0 Å². The maximum atomic E-state index is 4.90. The van der Waals surface area contributed by atoms with Crippen LogP contribution in [0.25, 0.3) is 0 Å². The van der Waals surface area contributed by atoms with Gasteiger partial charge in [-0.05, 0) is 44.1 Å². The quantitative estimate of drug-likeness (QED) is 0.853. The molecule has 0 spiro atoms. The Labute approximate surface area is 134 Å². The first kappa shape index (κ1) is 16.8. The van der Waals surface area contributed by atoms with E-state index in [0.717, 1.165) is 19.5 Å². The van der Waals surface area contributed by atoms with Crippen molar-refractivity contribution in [2.45, 2.75) is 72.4 Å². The van der Waals surface area contributed by atoms with Gasteiger partial charge in [0.2, 0.25) is 0 Å². The fourth-order valence-corrected chi connectivity index (χ4v) is 4.25. The van der Waals surface area contributed by atoms with Gasteiger partial charge in [-0.1, -0.05) is 27.7 Å². The zero-order valence-electron chi connectivity index (χ0n) is 14.3. The molecule has 4 heteroatoms. The number of aromatic nitrogens is 1. The van der Waals surface area contributed by atoms with E-state index in [0.29, 0.717) is 11.5 Å². The Kier molecular flexibility index (Phi) is 5.67. The fourth-order valence-electron chi connectivity index (χ4n) is 3.10. The molecule has 0 aromatic carbocycles. The first-order chi connectivity index (χ1) is 9.96. The molecule has 0 atom stereocenters. The summed E-state index contributed by atoms with van der Waals surface area (Å²) < 4.78 is 0. The number of anilines is 1. The molecule has 1 aromatic rings. The Bertz CT molecular complexity index is 443. The van der Waals surface area contributed by atoms with E-state index in [-0.39, 0.29) is 0 Å². The van der Waals surface area contributed by atoms with Gasteiger partial charge in [0.25, 0.3) is 0 Å². The van der Waals surface area contributed by atoms with Crippen molar-refractivity contribution in [1.82, 2.24) is 10.3 Å². The number of rotatable bonds is 6. The van der Waals surface area contributed by atoms with Crippen LogP contribution in [-0.4, -0.2) is 24.6 Å². The third-order valence-electron chi connectivity index (χ3n) is 4.80. The highest BCUT2D eigenvalue weighted by Gasteiger charge is 2.30. The molecule has 1 fully saturated rings. The van der Waals surface area contributed by atoms with E-state index in [4.69, 9.17) is 4.98 Å². The summed E-state index contributed by atoms with van der Waals surface area (Å²) in [6.45, 7) is 11.1. The van der Waals surface area contributed by atoms with E-state index in [9.17, 15) is 0 Å². The first-order valence-electron chi connectivity index (χ1n) is 8.39. The highest BCUT2D eigenvalue weighted by molar-refractivity contribution is 7.15. The van der Waals surface area contributed by atoms with E-state index in [1.165, 1.54) is 41.4 Å². The number of nitrogens with zero attached hydrogens (tertiary/aromatic N) is 2. The average Bonchev–Trinajstić information content (AvgIpc) is 2.87. The smallest absolute Gasteiger partial charge is 0.185 e. The lowest BCUT2D eigenvalue weighted by molar-refractivity contribution is 0.222. The highest BCUT2D eigenvalue weighted by Crippen LogP contribution is 2.38. The van der Waals surface area contributed by atoms with Crippen molar-refractivity contribution < 1.29 is 0 Å². The summed E-state index contributed by atoms with van der Waals surface area (Å²) >= 11 is 1.88. The first-order valence-corrected chi connectivity index (χ1v) is 9.20. The Morgan fingerprint density at radius 2 is 1.95 bits per heavy atom. The topological polar surface area (TPSA) is 28.2 Å². The summed E-state index contributed by atoms with van der Waals surface area (Å²) in [5.41, 5.74) is 1.81. The molecule has 2 rings (SSSR count). The lowest BCUT2D eigenvalue weighted by Crippen LogP contribution is -2.37. The van der Waals surface area contributed by atoms with Gasteiger partial charge < -0.3 is 10.2 Å². The molecule has 1 N–H and O–H groups in total. The minimum absolute atomic E-state index is 0.533. The lowest BCUT2D eigenvalue weighted by Gasteiger charge is -2.38. The molecule has 1 aromatic heterocycles. The molecular formula is C17H31N3S. The van der Waals surface area contributed by atoms with Gasteiger partial charge in [-0.2, -0.15) is 0 Å². The normalized spacial score (nSPS) is 18.9. The molecule has 3 nitrogen and oxygen atoms in total. The summed E-state index contributed by atoms with van der Waals surface area (Å²) in [5, 5.41) is 4.65. The van der Waals surface area contributed by atoms with Gasteiger partial charge in [-0.25, -0.2) is 4.98 Å². The van der Waals surface area contributed by atoms with Crippen LogP contribution in [0.3, 0.4) is 0 Å². The SMILES string of the molecule is CCNCc1sc(N(C)C2CCC(C)(C)CC2)nc1CC. The van der Waals surface area contributed by atoms with Crippen LogP contribution in [0.2, 0.25) is 0 Å². The Balaban J connectivity index is 2.05. The van der Waals surface area contributed by atoms with Crippen LogP contribution in [-0.2, 0) is 13.0 Å². The Morgan fingerprint density at radius 1 is 1.29 bits per heavy atom. The van der Waals surface area contributed by atoms with Crippen LogP contribution in [0.4, 0.5) is 5.13 Å². The molecule has 1 aliphatic carbocycles. The van der Waals surface area contributed by atoms with Gasteiger partial charge in [-0.3, -0.25) is 0 Å². The van der Waals surface area contributed by atoms with Crippen LogP contribution in [0.1, 0.15) is 63.9 Å². The molecule has 0 unspecified atom stereocenters. The second-order valence-corrected chi connectivity index (χ2v) is 8.07. The van der Waals surface area contributed by atoms with Crippen molar-refractivity contribution in [3.63, 3.8) is 0 Å². The Morgan fingerprint density at radius 3 is 2.52 bits per heavy atom.